The lowest BCUT2D eigenvalue weighted by Crippen LogP contribution is -2.49. The molecule has 1 aliphatic heterocycles. The summed E-state index contributed by atoms with van der Waals surface area (Å²) in [5.41, 5.74) is 3.39. The Morgan fingerprint density at radius 2 is 1.64 bits per heavy atom. The Morgan fingerprint density at radius 3 is 2.21 bits per heavy atom. The van der Waals surface area contributed by atoms with Gasteiger partial charge in [0.2, 0.25) is 0 Å². The highest BCUT2D eigenvalue weighted by molar-refractivity contribution is 6.30. The van der Waals surface area contributed by atoms with E-state index in [1.54, 1.807) is 12.1 Å². The van der Waals surface area contributed by atoms with Gasteiger partial charge in [0.25, 0.3) is 0 Å². The molecule has 0 amide bonds. The van der Waals surface area contributed by atoms with Crippen molar-refractivity contribution in [3.63, 3.8) is 0 Å². The molecule has 2 aromatic rings. The summed E-state index contributed by atoms with van der Waals surface area (Å²) >= 11 is 6.20. The van der Waals surface area contributed by atoms with Crippen molar-refractivity contribution in [3.05, 3.63) is 64.7 Å². The first-order valence-electron chi connectivity index (χ1n) is 12.5. The molecule has 5 heteroatoms. The first-order valence-corrected chi connectivity index (χ1v) is 12.9. The second-order valence-electron chi connectivity index (χ2n) is 10.0. The zero-order chi connectivity index (χ0) is 23.4. The number of hydrogen-bond donors (Lipinski definition) is 1. The summed E-state index contributed by atoms with van der Waals surface area (Å²) in [7, 11) is 0. The summed E-state index contributed by atoms with van der Waals surface area (Å²) < 4.78 is 0. The SMILES string of the molecule is CCC1(CC)CCC(CN2CCN(c3ccc(C(=O)O)cc3)CC2)C(c2ccc(Cl)cc2)C1. The molecular weight excluding hydrogens is 432 g/mol. The summed E-state index contributed by atoms with van der Waals surface area (Å²) in [4.78, 5) is 16.1. The minimum absolute atomic E-state index is 0.346. The highest BCUT2D eigenvalue weighted by Crippen LogP contribution is 2.51. The van der Waals surface area contributed by atoms with Gasteiger partial charge in [-0.25, -0.2) is 4.79 Å². The number of anilines is 1. The van der Waals surface area contributed by atoms with Crippen LogP contribution in [0.2, 0.25) is 5.02 Å². The maximum Gasteiger partial charge on any atom is 0.335 e. The van der Waals surface area contributed by atoms with Gasteiger partial charge in [0.05, 0.1) is 5.56 Å². The van der Waals surface area contributed by atoms with E-state index in [4.69, 9.17) is 16.7 Å². The molecule has 1 saturated heterocycles. The van der Waals surface area contributed by atoms with Crippen LogP contribution in [0.1, 0.15) is 67.8 Å². The molecule has 1 aliphatic carbocycles. The van der Waals surface area contributed by atoms with E-state index in [1.807, 2.05) is 12.1 Å². The van der Waals surface area contributed by atoms with Gasteiger partial charge in [-0.2, -0.15) is 0 Å². The molecule has 2 fully saturated rings. The van der Waals surface area contributed by atoms with Crippen LogP contribution in [0, 0.1) is 11.3 Å². The maximum atomic E-state index is 11.1. The quantitative estimate of drug-likeness (QED) is 0.500. The van der Waals surface area contributed by atoms with Gasteiger partial charge in [-0.3, -0.25) is 4.90 Å². The van der Waals surface area contributed by atoms with Crippen molar-refractivity contribution in [2.45, 2.75) is 51.9 Å². The molecule has 2 aromatic carbocycles. The van der Waals surface area contributed by atoms with Crippen LogP contribution in [0.15, 0.2) is 48.5 Å². The minimum atomic E-state index is -0.871. The molecular formula is C28H37ClN2O2. The van der Waals surface area contributed by atoms with E-state index in [0.717, 1.165) is 43.4 Å². The van der Waals surface area contributed by atoms with Crippen molar-refractivity contribution in [1.29, 1.82) is 0 Å². The van der Waals surface area contributed by atoms with Crippen LogP contribution in [0.25, 0.3) is 0 Å². The van der Waals surface area contributed by atoms with E-state index in [-0.39, 0.29) is 0 Å². The van der Waals surface area contributed by atoms with Gasteiger partial charge >= 0.3 is 5.97 Å². The highest BCUT2D eigenvalue weighted by Gasteiger charge is 2.40. The van der Waals surface area contributed by atoms with Gasteiger partial charge in [0.15, 0.2) is 0 Å². The summed E-state index contributed by atoms with van der Waals surface area (Å²) in [6.07, 6.45) is 6.44. The number of benzene rings is 2. The monoisotopic (exact) mass is 468 g/mol. The standard InChI is InChI=1S/C28H37ClN2O2/c1-3-28(4-2)14-13-23(26(19-28)21-5-9-24(29)10-6-21)20-30-15-17-31(18-16-30)25-11-7-22(8-12-25)27(32)33/h5-12,23,26H,3-4,13-20H2,1-2H3,(H,32,33). The van der Waals surface area contributed by atoms with Gasteiger partial charge in [-0.05, 0) is 78.5 Å². The molecule has 2 unspecified atom stereocenters. The minimum Gasteiger partial charge on any atom is -0.478 e. The summed E-state index contributed by atoms with van der Waals surface area (Å²) in [5, 5.41) is 9.95. The molecule has 178 valence electrons. The average molecular weight is 469 g/mol. The van der Waals surface area contributed by atoms with E-state index >= 15 is 0 Å². The predicted octanol–water partition coefficient (Wildman–Crippen LogP) is 6.55. The fourth-order valence-electron chi connectivity index (χ4n) is 5.97. The van der Waals surface area contributed by atoms with Crippen LogP contribution >= 0.6 is 11.6 Å². The second-order valence-corrected chi connectivity index (χ2v) is 10.4. The maximum absolute atomic E-state index is 11.1. The molecule has 1 N–H and O–H groups in total. The molecule has 1 heterocycles. The third kappa shape index (κ3) is 5.55. The van der Waals surface area contributed by atoms with Crippen LogP contribution in [-0.4, -0.2) is 48.7 Å². The Morgan fingerprint density at radius 1 is 1.00 bits per heavy atom. The van der Waals surface area contributed by atoms with E-state index in [0.29, 0.717) is 22.8 Å². The normalized spacial score (nSPS) is 23.4. The Balaban J connectivity index is 1.41. The van der Waals surface area contributed by atoms with Crippen LogP contribution in [0.4, 0.5) is 5.69 Å². The van der Waals surface area contributed by atoms with E-state index in [9.17, 15) is 4.79 Å². The zero-order valence-corrected chi connectivity index (χ0v) is 20.7. The van der Waals surface area contributed by atoms with Crippen molar-refractivity contribution in [2.24, 2.45) is 11.3 Å². The van der Waals surface area contributed by atoms with Crippen LogP contribution in [0.5, 0.6) is 0 Å². The third-order valence-electron chi connectivity index (χ3n) is 8.41. The van der Waals surface area contributed by atoms with E-state index in [2.05, 4.69) is 47.9 Å². The van der Waals surface area contributed by atoms with Crippen molar-refractivity contribution in [1.82, 2.24) is 4.90 Å². The Bertz CT molecular complexity index is 916. The van der Waals surface area contributed by atoms with E-state index in [1.165, 1.54) is 37.7 Å². The lowest BCUT2D eigenvalue weighted by atomic mass is 9.61. The number of halogens is 1. The zero-order valence-electron chi connectivity index (χ0n) is 20.0. The number of carbonyl (C=O) groups is 1. The molecule has 1 saturated carbocycles. The number of carboxylic acids is 1. The number of hydrogen-bond acceptors (Lipinski definition) is 3. The number of aromatic carboxylic acids is 1. The summed E-state index contributed by atoms with van der Waals surface area (Å²) in [5.74, 6) is 0.403. The highest BCUT2D eigenvalue weighted by atomic mass is 35.5. The van der Waals surface area contributed by atoms with Gasteiger partial charge in [0, 0.05) is 43.4 Å². The van der Waals surface area contributed by atoms with Gasteiger partial charge in [-0.15, -0.1) is 0 Å². The van der Waals surface area contributed by atoms with Gasteiger partial charge in [0.1, 0.15) is 0 Å². The lowest BCUT2D eigenvalue weighted by Gasteiger charge is -2.47. The molecule has 0 radical (unpaired) electrons. The molecule has 2 atom stereocenters. The predicted molar refractivity (Wildman–Crippen MR) is 137 cm³/mol. The van der Waals surface area contributed by atoms with Crippen molar-refractivity contribution in [2.75, 3.05) is 37.6 Å². The molecule has 0 spiro atoms. The molecule has 33 heavy (non-hydrogen) atoms. The molecule has 2 aliphatic rings. The molecule has 0 aromatic heterocycles. The molecule has 4 nitrogen and oxygen atoms in total. The Labute approximate surface area is 203 Å². The molecule has 0 bridgehead atoms. The Hall–Kier alpha value is -2.04. The van der Waals surface area contributed by atoms with Crippen LogP contribution < -0.4 is 4.90 Å². The Kier molecular flexibility index (Phi) is 7.65. The topological polar surface area (TPSA) is 43.8 Å². The molecule has 4 rings (SSSR count). The van der Waals surface area contributed by atoms with Crippen molar-refractivity contribution in [3.8, 4) is 0 Å². The fourth-order valence-corrected chi connectivity index (χ4v) is 6.10. The van der Waals surface area contributed by atoms with Crippen molar-refractivity contribution >= 4 is 23.3 Å². The first kappa shape index (κ1) is 24.1. The smallest absolute Gasteiger partial charge is 0.335 e. The van der Waals surface area contributed by atoms with Crippen LogP contribution in [0.3, 0.4) is 0 Å². The number of carboxylic acid groups (broad SMARTS) is 1. The van der Waals surface area contributed by atoms with E-state index < -0.39 is 5.97 Å². The van der Waals surface area contributed by atoms with Gasteiger partial charge < -0.3 is 10.0 Å². The van der Waals surface area contributed by atoms with Crippen LogP contribution in [-0.2, 0) is 0 Å². The average Bonchev–Trinajstić information content (AvgIpc) is 2.85. The third-order valence-corrected chi connectivity index (χ3v) is 8.66. The van der Waals surface area contributed by atoms with Crippen molar-refractivity contribution < 1.29 is 9.90 Å². The lowest BCUT2D eigenvalue weighted by molar-refractivity contribution is 0.0697. The largest absolute Gasteiger partial charge is 0.478 e. The summed E-state index contributed by atoms with van der Waals surface area (Å²) in [6, 6.07) is 15.9. The number of piperazine rings is 1. The first-order chi connectivity index (χ1) is 15.9. The second kappa shape index (κ2) is 10.5. The number of nitrogens with zero attached hydrogens (tertiary/aromatic N) is 2. The van der Waals surface area contributed by atoms with Gasteiger partial charge in [-0.1, -0.05) is 50.4 Å². The summed E-state index contributed by atoms with van der Waals surface area (Å²) in [6.45, 7) is 9.96. The fraction of sp³-hybridized carbons (Fsp3) is 0.536. The number of rotatable bonds is 7.